The van der Waals surface area contributed by atoms with E-state index in [-0.39, 0.29) is 5.69 Å². The fraction of sp³-hybridized carbons (Fsp3) is 0.227. The van der Waals surface area contributed by atoms with Crippen molar-refractivity contribution in [2.24, 2.45) is 0 Å². The number of benzene rings is 2. The van der Waals surface area contributed by atoms with Gasteiger partial charge in [0.1, 0.15) is 11.5 Å². The molecule has 3 aromatic rings. The predicted octanol–water partition coefficient (Wildman–Crippen LogP) is 3.49. The number of carbonyl (C=O) groups is 1. The molecule has 7 nitrogen and oxygen atoms in total. The number of carbonyl (C=O) groups excluding carboxylic acids is 1. The molecule has 0 saturated carbocycles. The third kappa shape index (κ3) is 5.01. The van der Waals surface area contributed by atoms with Crippen molar-refractivity contribution >= 4 is 11.7 Å². The van der Waals surface area contributed by atoms with Crippen molar-refractivity contribution in [2.45, 2.75) is 13.1 Å². The lowest BCUT2D eigenvalue weighted by atomic mass is 10.1. The molecular formula is C22H23N3O4. The van der Waals surface area contributed by atoms with Gasteiger partial charge in [0.05, 0.1) is 33.2 Å². The second-order valence-corrected chi connectivity index (χ2v) is 6.31. The van der Waals surface area contributed by atoms with Gasteiger partial charge in [-0.05, 0) is 41.5 Å². The Labute approximate surface area is 169 Å². The van der Waals surface area contributed by atoms with Crippen molar-refractivity contribution in [3.05, 3.63) is 77.6 Å². The van der Waals surface area contributed by atoms with Crippen LogP contribution in [-0.4, -0.2) is 37.5 Å². The molecule has 0 atom stereocenters. The highest BCUT2D eigenvalue weighted by molar-refractivity contribution is 5.93. The van der Waals surface area contributed by atoms with Crippen molar-refractivity contribution in [2.75, 3.05) is 26.2 Å². The van der Waals surface area contributed by atoms with Gasteiger partial charge in [0.15, 0.2) is 5.69 Å². The summed E-state index contributed by atoms with van der Waals surface area (Å²) in [6, 6.07) is 17.4. The third-order valence-corrected chi connectivity index (χ3v) is 4.48. The monoisotopic (exact) mass is 393 g/mol. The van der Waals surface area contributed by atoms with E-state index >= 15 is 0 Å². The molecule has 0 amide bonds. The molecule has 0 radical (unpaired) electrons. The smallest absolute Gasteiger partial charge is 0.360 e. The van der Waals surface area contributed by atoms with Gasteiger partial charge in [-0.2, -0.15) is 5.10 Å². The first-order valence-electron chi connectivity index (χ1n) is 9.05. The van der Waals surface area contributed by atoms with Gasteiger partial charge in [-0.15, -0.1) is 5.10 Å². The standard InChI is InChI=1S/C22H23N3O4/c1-27-18-8-4-16(5-9-18)14-25(15-17-6-10-19(28-2)11-7-17)20-12-13-23-24-21(20)22(26)29-3/h4-13H,14-15H2,1-3H3. The fourth-order valence-electron chi connectivity index (χ4n) is 2.95. The van der Waals surface area contributed by atoms with Gasteiger partial charge in [-0.1, -0.05) is 24.3 Å². The minimum atomic E-state index is -0.525. The van der Waals surface area contributed by atoms with E-state index in [1.165, 1.54) is 7.11 Å². The van der Waals surface area contributed by atoms with Crippen molar-refractivity contribution in [1.82, 2.24) is 10.2 Å². The van der Waals surface area contributed by atoms with Crippen LogP contribution in [0.1, 0.15) is 21.6 Å². The molecule has 0 unspecified atom stereocenters. The second kappa shape index (κ2) is 9.54. The van der Waals surface area contributed by atoms with Crippen LogP contribution in [0.5, 0.6) is 11.5 Å². The Bertz CT molecular complexity index is 894. The molecule has 7 heteroatoms. The van der Waals surface area contributed by atoms with Crippen LogP contribution in [0.3, 0.4) is 0 Å². The number of rotatable bonds is 8. The summed E-state index contributed by atoms with van der Waals surface area (Å²) in [5.41, 5.74) is 2.95. The average molecular weight is 393 g/mol. The number of hydrogen-bond acceptors (Lipinski definition) is 7. The lowest BCUT2D eigenvalue weighted by molar-refractivity contribution is 0.0593. The van der Waals surface area contributed by atoms with Crippen LogP contribution in [-0.2, 0) is 17.8 Å². The first kappa shape index (κ1) is 20.1. The van der Waals surface area contributed by atoms with Gasteiger partial charge in [0, 0.05) is 13.1 Å². The van der Waals surface area contributed by atoms with Crippen LogP contribution < -0.4 is 14.4 Å². The molecule has 0 aliphatic heterocycles. The van der Waals surface area contributed by atoms with Crippen LogP contribution in [0, 0.1) is 0 Å². The molecule has 0 aliphatic carbocycles. The Morgan fingerprint density at radius 1 is 0.828 bits per heavy atom. The van der Waals surface area contributed by atoms with Crippen LogP contribution in [0.4, 0.5) is 5.69 Å². The Morgan fingerprint density at radius 3 is 1.79 bits per heavy atom. The highest BCUT2D eigenvalue weighted by Crippen LogP contribution is 2.25. The summed E-state index contributed by atoms with van der Waals surface area (Å²) in [6.07, 6.45) is 1.57. The second-order valence-electron chi connectivity index (χ2n) is 6.31. The largest absolute Gasteiger partial charge is 0.497 e. The van der Waals surface area contributed by atoms with E-state index in [0.717, 1.165) is 22.6 Å². The van der Waals surface area contributed by atoms with Gasteiger partial charge in [-0.25, -0.2) is 4.79 Å². The quantitative estimate of drug-likeness (QED) is 0.542. The number of anilines is 1. The molecule has 0 N–H and O–H groups in total. The zero-order valence-electron chi connectivity index (χ0n) is 16.7. The first-order chi connectivity index (χ1) is 14.1. The maximum atomic E-state index is 12.2. The summed E-state index contributed by atoms with van der Waals surface area (Å²) in [4.78, 5) is 14.3. The van der Waals surface area contributed by atoms with Crippen LogP contribution in [0.2, 0.25) is 0 Å². The van der Waals surface area contributed by atoms with Crippen molar-refractivity contribution in [1.29, 1.82) is 0 Å². The molecule has 1 heterocycles. The summed E-state index contributed by atoms with van der Waals surface area (Å²) in [5, 5.41) is 7.85. The SMILES string of the molecule is COC(=O)c1nnccc1N(Cc1ccc(OC)cc1)Cc1ccc(OC)cc1. The number of ether oxygens (including phenoxy) is 3. The Hall–Kier alpha value is -3.61. The van der Waals surface area contributed by atoms with Crippen LogP contribution in [0.15, 0.2) is 60.8 Å². The molecule has 0 fully saturated rings. The van der Waals surface area contributed by atoms with E-state index in [4.69, 9.17) is 14.2 Å². The van der Waals surface area contributed by atoms with Gasteiger partial charge in [0.25, 0.3) is 0 Å². The lowest BCUT2D eigenvalue weighted by Crippen LogP contribution is -2.25. The molecule has 29 heavy (non-hydrogen) atoms. The van der Waals surface area contributed by atoms with Gasteiger partial charge in [0.2, 0.25) is 0 Å². The molecular weight excluding hydrogens is 370 g/mol. The predicted molar refractivity (Wildman–Crippen MR) is 109 cm³/mol. The summed E-state index contributed by atoms with van der Waals surface area (Å²) in [7, 11) is 4.60. The highest BCUT2D eigenvalue weighted by atomic mass is 16.5. The summed E-state index contributed by atoms with van der Waals surface area (Å²) < 4.78 is 15.4. The average Bonchev–Trinajstić information content (AvgIpc) is 2.79. The number of hydrogen-bond donors (Lipinski definition) is 0. The number of nitrogens with zero attached hydrogens (tertiary/aromatic N) is 3. The fourth-order valence-corrected chi connectivity index (χ4v) is 2.95. The molecule has 0 spiro atoms. The van der Waals surface area contributed by atoms with Crippen LogP contribution in [0.25, 0.3) is 0 Å². The van der Waals surface area contributed by atoms with E-state index in [0.29, 0.717) is 18.8 Å². The first-order valence-corrected chi connectivity index (χ1v) is 9.05. The van der Waals surface area contributed by atoms with Crippen molar-refractivity contribution < 1.29 is 19.0 Å². The van der Waals surface area contributed by atoms with Crippen LogP contribution >= 0.6 is 0 Å². The maximum Gasteiger partial charge on any atom is 0.360 e. The molecule has 3 rings (SSSR count). The van der Waals surface area contributed by atoms with Gasteiger partial charge in [-0.3, -0.25) is 0 Å². The Balaban J connectivity index is 1.95. The van der Waals surface area contributed by atoms with Crippen molar-refractivity contribution in [3.8, 4) is 11.5 Å². The Morgan fingerprint density at radius 2 is 1.34 bits per heavy atom. The summed E-state index contributed by atoms with van der Waals surface area (Å²) in [5.74, 6) is 1.05. The summed E-state index contributed by atoms with van der Waals surface area (Å²) >= 11 is 0. The Kier molecular flexibility index (Phi) is 6.63. The highest BCUT2D eigenvalue weighted by Gasteiger charge is 2.20. The van der Waals surface area contributed by atoms with Gasteiger partial charge < -0.3 is 19.1 Å². The van der Waals surface area contributed by atoms with Gasteiger partial charge >= 0.3 is 5.97 Å². The van der Waals surface area contributed by atoms with E-state index in [1.807, 2.05) is 48.5 Å². The normalized spacial score (nSPS) is 10.3. The molecule has 1 aromatic heterocycles. The third-order valence-electron chi connectivity index (χ3n) is 4.48. The van der Waals surface area contributed by atoms with E-state index < -0.39 is 5.97 Å². The molecule has 0 saturated heterocycles. The number of esters is 1. The summed E-state index contributed by atoms with van der Waals surface area (Å²) in [6.45, 7) is 1.12. The van der Waals surface area contributed by atoms with E-state index in [9.17, 15) is 4.79 Å². The minimum absolute atomic E-state index is 0.178. The zero-order valence-corrected chi connectivity index (χ0v) is 16.7. The zero-order chi connectivity index (χ0) is 20.6. The van der Waals surface area contributed by atoms with Crippen molar-refractivity contribution in [3.63, 3.8) is 0 Å². The number of methoxy groups -OCH3 is 3. The lowest BCUT2D eigenvalue weighted by Gasteiger charge is -2.26. The molecule has 0 aliphatic rings. The molecule has 2 aromatic carbocycles. The van der Waals surface area contributed by atoms with E-state index in [1.54, 1.807) is 26.5 Å². The molecule has 0 bridgehead atoms. The molecule has 150 valence electrons. The maximum absolute atomic E-state index is 12.2. The van der Waals surface area contributed by atoms with E-state index in [2.05, 4.69) is 15.1 Å². The topological polar surface area (TPSA) is 73.8 Å². The minimum Gasteiger partial charge on any atom is -0.497 e. The number of aromatic nitrogens is 2.